The summed E-state index contributed by atoms with van der Waals surface area (Å²) < 4.78 is 7.42. The van der Waals surface area contributed by atoms with Gasteiger partial charge in [-0.15, -0.1) is 0 Å². The fourth-order valence-electron chi connectivity index (χ4n) is 2.42. The van der Waals surface area contributed by atoms with Crippen molar-refractivity contribution in [3.63, 3.8) is 0 Å². The van der Waals surface area contributed by atoms with Crippen LogP contribution < -0.4 is 0 Å². The lowest BCUT2D eigenvalue weighted by Crippen LogP contribution is -2.06. The Kier molecular flexibility index (Phi) is 2.18. The average molecular weight is 230 g/mol. The van der Waals surface area contributed by atoms with Gasteiger partial charge in [0.25, 0.3) is 0 Å². The first-order valence-electron chi connectivity index (χ1n) is 5.79. The highest BCUT2D eigenvalue weighted by Gasteiger charge is 2.28. The molecule has 0 bridgehead atoms. The Labute approximate surface area is 99.2 Å². The molecule has 1 aliphatic heterocycles. The summed E-state index contributed by atoms with van der Waals surface area (Å²) in [6, 6.07) is 6.19. The second-order valence-electron chi connectivity index (χ2n) is 4.50. The molecule has 0 N–H and O–H groups in total. The smallest absolute Gasteiger partial charge is 0.303 e. The van der Waals surface area contributed by atoms with Crippen LogP contribution in [-0.2, 0) is 16.1 Å². The zero-order valence-corrected chi connectivity index (χ0v) is 9.93. The zero-order chi connectivity index (χ0) is 12.0. The van der Waals surface area contributed by atoms with Gasteiger partial charge in [0.15, 0.2) is 11.9 Å². The van der Waals surface area contributed by atoms with E-state index in [2.05, 4.69) is 22.5 Å². The lowest BCUT2D eigenvalue weighted by atomic mass is 10.2. The molecule has 1 atom stereocenters. The number of imidazole rings is 1. The molecule has 0 amide bonds. The van der Waals surface area contributed by atoms with Gasteiger partial charge in [-0.2, -0.15) is 0 Å². The van der Waals surface area contributed by atoms with E-state index in [-0.39, 0.29) is 12.1 Å². The van der Waals surface area contributed by atoms with Gasteiger partial charge < -0.3 is 9.30 Å². The fraction of sp³-hybridized carbons (Fsp3) is 0.385. The van der Waals surface area contributed by atoms with E-state index >= 15 is 0 Å². The van der Waals surface area contributed by atoms with Crippen LogP contribution in [0.1, 0.15) is 30.8 Å². The van der Waals surface area contributed by atoms with Crippen LogP contribution in [0.2, 0.25) is 0 Å². The van der Waals surface area contributed by atoms with Crippen LogP contribution in [0.3, 0.4) is 0 Å². The van der Waals surface area contributed by atoms with E-state index in [1.807, 2.05) is 12.1 Å². The van der Waals surface area contributed by atoms with Crippen LogP contribution in [0.5, 0.6) is 0 Å². The summed E-state index contributed by atoms with van der Waals surface area (Å²) in [7, 11) is 0. The summed E-state index contributed by atoms with van der Waals surface area (Å²) in [5, 5.41) is 0. The molecule has 3 rings (SSSR count). The third-order valence-electron chi connectivity index (χ3n) is 3.14. The summed E-state index contributed by atoms with van der Waals surface area (Å²) in [5.41, 5.74) is 3.33. The Bertz CT molecular complexity index is 601. The quantitative estimate of drug-likeness (QED) is 0.706. The Balaban J connectivity index is 2.10. The van der Waals surface area contributed by atoms with Gasteiger partial charge in [-0.1, -0.05) is 6.07 Å². The summed E-state index contributed by atoms with van der Waals surface area (Å²) in [4.78, 5) is 15.6. The van der Waals surface area contributed by atoms with Gasteiger partial charge in [-0.3, -0.25) is 4.79 Å². The molecule has 88 valence electrons. The highest BCUT2D eigenvalue weighted by Crippen LogP contribution is 2.32. The lowest BCUT2D eigenvalue weighted by Gasteiger charge is -2.07. The predicted octanol–water partition coefficient (Wildman–Crippen LogP) is 2.35. The highest BCUT2D eigenvalue weighted by molar-refractivity contribution is 5.77. The Morgan fingerprint density at radius 1 is 1.53 bits per heavy atom. The number of esters is 1. The first-order chi connectivity index (χ1) is 8.15. The van der Waals surface area contributed by atoms with Gasteiger partial charge in [0.05, 0.1) is 11.0 Å². The van der Waals surface area contributed by atoms with E-state index in [1.54, 1.807) is 0 Å². The van der Waals surface area contributed by atoms with Crippen molar-refractivity contribution in [2.75, 3.05) is 0 Å². The molecule has 2 heterocycles. The highest BCUT2D eigenvalue weighted by atomic mass is 16.5. The van der Waals surface area contributed by atoms with E-state index in [1.165, 1.54) is 12.5 Å². The van der Waals surface area contributed by atoms with Crippen molar-refractivity contribution < 1.29 is 9.53 Å². The number of ether oxygens (including phenoxy) is 1. The molecule has 0 radical (unpaired) electrons. The summed E-state index contributed by atoms with van der Waals surface area (Å²) in [5.74, 6) is 0.632. The third-order valence-corrected chi connectivity index (χ3v) is 3.14. The number of aryl methyl sites for hydroxylation is 2. The SMILES string of the molecule is CC(=O)O[C@@H]1CCn2c1nc1ccc(C)cc12. The predicted molar refractivity (Wildman–Crippen MR) is 63.6 cm³/mol. The van der Waals surface area contributed by atoms with Crippen LogP contribution in [0, 0.1) is 6.92 Å². The topological polar surface area (TPSA) is 44.1 Å². The van der Waals surface area contributed by atoms with Crippen molar-refractivity contribution in [1.29, 1.82) is 0 Å². The minimum atomic E-state index is -0.244. The number of benzene rings is 1. The number of hydrogen-bond acceptors (Lipinski definition) is 3. The molecule has 4 heteroatoms. The number of hydrogen-bond donors (Lipinski definition) is 0. The van der Waals surface area contributed by atoms with Gasteiger partial charge in [0, 0.05) is 19.9 Å². The molecular weight excluding hydrogens is 216 g/mol. The molecule has 0 spiro atoms. The Hall–Kier alpha value is -1.84. The summed E-state index contributed by atoms with van der Waals surface area (Å²) in [6.07, 6.45) is 0.645. The molecule has 0 saturated heterocycles. The minimum Gasteiger partial charge on any atom is -0.454 e. The van der Waals surface area contributed by atoms with Gasteiger partial charge in [-0.05, 0) is 24.6 Å². The van der Waals surface area contributed by atoms with Gasteiger partial charge >= 0.3 is 5.97 Å². The molecule has 0 unspecified atom stereocenters. The van der Waals surface area contributed by atoms with Crippen molar-refractivity contribution in [2.24, 2.45) is 0 Å². The van der Waals surface area contributed by atoms with E-state index < -0.39 is 0 Å². The van der Waals surface area contributed by atoms with Gasteiger partial charge in [-0.25, -0.2) is 4.98 Å². The van der Waals surface area contributed by atoms with Crippen molar-refractivity contribution in [3.8, 4) is 0 Å². The van der Waals surface area contributed by atoms with Crippen LogP contribution >= 0.6 is 0 Å². The van der Waals surface area contributed by atoms with Gasteiger partial charge in [0.1, 0.15) is 0 Å². The van der Waals surface area contributed by atoms with Crippen molar-refractivity contribution in [3.05, 3.63) is 29.6 Å². The largest absolute Gasteiger partial charge is 0.454 e. The van der Waals surface area contributed by atoms with E-state index in [9.17, 15) is 4.79 Å². The number of rotatable bonds is 1. The molecule has 0 saturated carbocycles. The maximum Gasteiger partial charge on any atom is 0.303 e. The number of carbonyl (C=O) groups is 1. The maximum atomic E-state index is 11.0. The molecule has 17 heavy (non-hydrogen) atoms. The number of fused-ring (bicyclic) bond motifs is 3. The van der Waals surface area contributed by atoms with Crippen molar-refractivity contribution in [1.82, 2.24) is 9.55 Å². The molecule has 0 fully saturated rings. The fourth-order valence-corrected chi connectivity index (χ4v) is 2.42. The van der Waals surface area contributed by atoms with Crippen LogP contribution in [-0.4, -0.2) is 15.5 Å². The van der Waals surface area contributed by atoms with Crippen LogP contribution in [0.15, 0.2) is 18.2 Å². The normalized spacial score (nSPS) is 18.4. The third kappa shape index (κ3) is 1.60. The first-order valence-corrected chi connectivity index (χ1v) is 5.79. The van der Waals surface area contributed by atoms with Gasteiger partial charge in [0.2, 0.25) is 0 Å². The molecular formula is C13H14N2O2. The maximum absolute atomic E-state index is 11.0. The average Bonchev–Trinajstić information content (AvgIpc) is 2.78. The number of nitrogens with zero attached hydrogens (tertiary/aromatic N) is 2. The lowest BCUT2D eigenvalue weighted by molar-refractivity contribution is -0.146. The minimum absolute atomic E-state index is 0.180. The van der Waals surface area contributed by atoms with Crippen molar-refractivity contribution >= 4 is 17.0 Å². The molecule has 1 aromatic heterocycles. The Morgan fingerprint density at radius 2 is 2.35 bits per heavy atom. The number of aromatic nitrogens is 2. The van der Waals surface area contributed by atoms with E-state index in [0.29, 0.717) is 0 Å². The monoisotopic (exact) mass is 230 g/mol. The summed E-state index contributed by atoms with van der Waals surface area (Å²) >= 11 is 0. The standard InChI is InChI=1S/C13H14N2O2/c1-8-3-4-10-11(7-8)15-6-5-12(13(15)14-10)17-9(2)16/h3-4,7,12H,5-6H2,1-2H3/t12-/m1/s1. The second-order valence-corrected chi connectivity index (χ2v) is 4.50. The molecule has 0 aliphatic carbocycles. The van der Waals surface area contributed by atoms with Crippen LogP contribution in [0.25, 0.3) is 11.0 Å². The zero-order valence-electron chi connectivity index (χ0n) is 9.93. The first kappa shape index (κ1) is 10.3. The number of carbonyl (C=O) groups excluding carboxylic acids is 1. The van der Waals surface area contributed by atoms with Crippen LogP contribution in [0.4, 0.5) is 0 Å². The summed E-state index contributed by atoms with van der Waals surface area (Å²) in [6.45, 7) is 4.38. The molecule has 1 aliphatic rings. The van der Waals surface area contributed by atoms with E-state index in [0.717, 1.165) is 29.8 Å². The molecule has 2 aromatic rings. The Morgan fingerprint density at radius 3 is 3.12 bits per heavy atom. The second kappa shape index (κ2) is 3.58. The molecule has 4 nitrogen and oxygen atoms in total. The van der Waals surface area contributed by atoms with Crippen molar-refractivity contribution in [2.45, 2.75) is 32.9 Å². The molecule has 1 aromatic carbocycles. The van der Waals surface area contributed by atoms with E-state index in [4.69, 9.17) is 4.74 Å².